The smallest absolute Gasteiger partial charge is 0.386 e. The van der Waals surface area contributed by atoms with Gasteiger partial charge in [-0.05, 0) is 14.1 Å². The number of hydrogen-bond donors (Lipinski definition) is 0. The van der Waals surface area contributed by atoms with Gasteiger partial charge in [-0.15, -0.1) is 0 Å². The Morgan fingerprint density at radius 2 is 1.45 bits per heavy atom. The van der Waals surface area contributed by atoms with Gasteiger partial charge in [0.2, 0.25) is 0 Å². The summed E-state index contributed by atoms with van der Waals surface area (Å²) in [5.41, 5.74) is 0.437. The minimum absolute atomic E-state index is 0.437. The lowest BCUT2D eigenvalue weighted by Gasteiger charge is -2.35. The molecule has 0 fully saturated rings. The first-order chi connectivity index (χ1) is 5.01. The lowest BCUT2D eigenvalue weighted by atomic mass is 10.6. The molecule has 0 bridgehead atoms. The van der Waals surface area contributed by atoms with E-state index in [1.54, 1.807) is 14.2 Å². The Morgan fingerprint density at radius 3 is 1.45 bits per heavy atom. The summed E-state index contributed by atoms with van der Waals surface area (Å²) in [5, 5.41) is 0. The van der Waals surface area contributed by atoms with Crippen molar-refractivity contribution < 1.29 is 8.85 Å². The molecule has 0 N–H and O–H groups in total. The van der Waals surface area contributed by atoms with Crippen molar-refractivity contribution in [2.24, 2.45) is 0 Å². The Morgan fingerprint density at radius 1 is 1.09 bits per heavy atom. The third kappa shape index (κ3) is 2.02. The van der Waals surface area contributed by atoms with E-state index < -0.39 is 8.72 Å². The topological polar surface area (TPSA) is 21.7 Å². The lowest BCUT2D eigenvalue weighted by Crippen LogP contribution is -2.56. The third-order valence-corrected chi connectivity index (χ3v) is 5.81. The molecule has 0 aliphatic heterocycles. The SMILES string of the molecule is CO[Si](OC)(C(C)C)N(C)C. The second kappa shape index (κ2) is 4.20. The van der Waals surface area contributed by atoms with Gasteiger partial charge >= 0.3 is 8.72 Å². The van der Waals surface area contributed by atoms with Gasteiger partial charge in [-0.2, -0.15) is 0 Å². The standard InChI is InChI=1S/C7H19NO2Si/c1-7(2)11(9-5,10-6)8(3)4/h7H,1-6H3. The predicted molar refractivity (Wildman–Crippen MR) is 48.6 cm³/mol. The average Bonchev–Trinajstić information content (AvgIpc) is 1.90. The summed E-state index contributed by atoms with van der Waals surface area (Å²) in [7, 11) is 5.37. The fraction of sp³-hybridized carbons (Fsp3) is 1.00. The first-order valence-corrected chi connectivity index (χ1v) is 5.63. The van der Waals surface area contributed by atoms with Gasteiger partial charge in [-0.25, -0.2) is 0 Å². The molecule has 68 valence electrons. The zero-order valence-electron chi connectivity index (χ0n) is 8.34. The molecule has 11 heavy (non-hydrogen) atoms. The molecule has 0 spiro atoms. The van der Waals surface area contributed by atoms with E-state index in [1.165, 1.54) is 0 Å². The van der Waals surface area contributed by atoms with Crippen LogP contribution in [0.15, 0.2) is 0 Å². The Hall–Kier alpha value is 0.0969. The summed E-state index contributed by atoms with van der Waals surface area (Å²) in [5.74, 6) is 0. The minimum atomic E-state index is -2.06. The van der Waals surface area contributed by atoms with E-state index in [4.69, 9.17) is 8.85 Å². The van der Waals surface area contributed by atoms with Gasteiger partial charge in [0.25, 0.3) is 0 Å². The Balaban J connectivity index is 4.46. The molecule has 0 aromatic carbocycles. The monoisotopic (exact) mass is 177 g/mol. The molecule has 0 unspecified atom stereocenters. The zero-order chi connectivity index (χ0) is 9.07. The van der Waals surface area contributed by atoms with Crippen LogP contribution in [0.5, 0.6) is 0 Å². The normalized spacial score (nSPS) is 13.1. The van der Waals surface area contributed by atoms with Crippen molar-refractivity contribution in [1.29, 1.82) is 0 Å². The summed E-state index contributed by atoms with van der Waals surface area (Å²) in [6, 6.07) is 0. The first kappa shape index (κ1) is 11.1. The van der Waals surface area contributed by atoms with E-state index in [2.05, 4.69) is 18.4 Å². The molecule has 4 heteroatoms. The molecule has 0 amide bonds. The highest BCUT2D eigenvalue weighted by atomic mass is 28.4. The summed E-state index contributed by atoms with van der Waals surface area (Å²) in [4.78, 5) is 0. The van der Waals surface area contributed by atoms with Crippen molar-refractivity contribution in [2.45, 2.75) is 19.4 Å². The number of nitrogens with zero attached hydrogens (tertiary/aromatic N) is 1. The third-order valence-electron chi connectivity index (χ3n) is 1.94. The quantitative estimate of drug-likeness (QED) is 0.602. The van der Waals surface area contributed by atoms with Crippen molar-refractivity contribution in [1.82, 2.24) is 4.57 Å². The van der Waals surface area contributed by atoms with Crippen LogP contribution in [0.1, 0.15) is 13.8 Å². The molecular weight excluding hydrogens is 158 g/mol. The van der Waals surface area contributed by atoms with Gasteiger partial charge in [0.1, 0.15) is 0 Å². The van der Waals surface area contributed by atoms with Crippen LogP contribution >= 0.6 is 0 Å². The Labute approximate surface area is 70.6 Å². The highest BCUT2D eigenvalue weighted by Crippen LogP contribution is 2.23. The van der Waals surface area contributed by atoms with Crippen LogP contribution in [0.4, 0.5) is 0 Å². The molecule has 3 nitrogen and oxygen atoms in total. The van der Waals surface area contributed by atoms with Gasteiger partial charge in [0, 0.05) is 19.8 Å². The summed E-state index contributed by atoms with van der Waals surface area (Å²) < 4.78 is 13.0. The molecule has 0 heterocycles. The Kier molecular flexibility index (Phi) is 4.24. The van der Waals surface area contributed by atoms with Crippen LogP contribution in [0, 0.1) is 0 Å². The van der Waals surface area contributed by atoms with Gasteiger partial charge in [-0.3, -0.25) is 4.57 Å². The molecule has 0 aliphatic carbocycles. The van der Waals surface area contributed by atoms with Crippen LogP contribution < -0.4 is 0 Å². The number of hydrogen-bond acceptors (Lipinski definition) is 3. The first-order valence-electron chi connectivity index (χ1n) is 3.79. The fourth-order valence-corrected chi connectivity index (χ4v) is 4.31. The van der Waals surface area contributed by atoms with Crippen LogP contribution in [-0.4, -0.2) is 41.6 Å². The maximum absolute atomic E-state index is 5.45. The van der Waals surface area contributed by atoms with E-state index >= 15 is 0 Å². The molecule has 0 radical (unpaired) electrons. The molecule has 0 atom stereocenters. The summed E-state index contributed by atoms with van der Waals surface area (Å²) in [6.45, 7) is 4.25. The van der Waals surface area contributed by atoms with Crippen molar-refractivity contribution >= 4 is 8.72 Å². The van der Waals surface area contributed by atoms with Gasteiger partial charge in [0.15, 0.2) is 0 Å². The minimum Gasteiger partial charge on any atom is -0.386 e. The average molecular weight is 177 g/mol. The maximum atomic E-state index is 5.45. The van der Waals surface area contributed by atoms with E-state index in [0.29, 0.717) is 5.54 Å². The van der Waals surface area contributed by atoms with Crippen LogP contribution in [0.2, 0.25) is 5.54 Å². The second-order valence-electron chi connectivity index (χ2n) is 3.09. The molecule has 0 saturated heterocycles. The predicted octanol–water partition coefficient (Wildman–Crippen LogP) is 1.19. The van der Waals surface area contributed by atoms with E-state index in [1.807, 2.05) is 14.1 Å². The van der Waals surface area contributed by atoms with E-state index in [-0.39, 0.29) is 0 Å². The molecule has 0 aromatic heterocycles. The second-order valence-corrected chi connectivity index (χ2v) is 7.22. The van der Waals surface area contributed by atoms with Crippen molar-refractivity contribution in [2.75, 3.05) is 28.3 Å². The molecule has 0 aromatic rings. The number of rotatable bonds is 4. The molecule has 0 saturated carbocycles. The molecular formula is C7H19NO2Si. The zero-order valence-corrected chi connectivity index (χ0v) is 9.34. The van der Waals surface area contributed by atoms with E-state index in [9.17, 15) is 0 Å². The van der Waals surface area contributed by atoms with Gasteiger partial charge in [0.05, 0.1) is 0 Å². The van der Waals surface area contributed by atoms with E-state index in [0.717, 1.165) is 0 Å². The highest BCUT2D eigenvalue weighted by molar-refractivity contribution is 6.65. The van der Waals surface area contributed by atoms with Crippen molar-refractivity contribution in [3.8, 4) is 0 Å². The van der Waals surface area contributed by atoms with Crippen LogP contribution in [0.25, 0.3) is 0 Å². The summed E-state index contributed by atoms with van der Waals surface area (Å²) >= 11 is 0. The van der Waals surface area contributed by atoms with Crippen molar-refractivity contribution in [3.63, 3.8) is 0 Å². The lowest BCUT2D eigenvalue weighted by molar-refractivity contribution is 0.178. The maximum Gasteiger partial charge on any atom is 0.429 e. The highest BCUT2D eigenvalue weighted by Gasteiger charge is 2.43. The molecule has 0 aliphatic rings. The fourth-order valence-electron chi connectivity index (χ4n) is 1.44. The van der Waals surface area contributed by atoms with Gasteiger partial charge < -0.3 is 8.85 Å². The van der Waals surface area contributed by atoms with Crippen LogP contribution in [0.3, 0.4) is 0 Å². The largest absolute Gasteiger partial charge is 0.429 e. The van der Waals surface area contributed by atoms with Crippen molar-refractivity contribution in [3.05, 3.63) is 0 Å². The Bertz CT molecular complexity index is 103. The van der Waals surface area contributed by atoms with Crippen LogP contribution in [-0.2, 0) is 8.85 Å². The van der Waals surface area contributed by atoms with Gasteiger partial charge in [-0.1, -0.05) is 13.8 Å². The molecule has 0 rings (SSSR count). The summed E-state index contributed by atoms with van der Waals surface area (Å²) in [6.07, 6.45) is 0.